The van der Waals surface area contributed by atoms with Crippen molar-refractivity contribution in [1.29, 1.82) is 0 Å². The minimum atomic E-state index is -1.03. The van der Waals surface area contributed by atoms with Gasteiger partial charge < -0.3 is 10.4 Å². The van der Waals surface area contributed by atoms with Crippen LogP contribution in [0, 0.1) is 0 Å². The zero-order valence-corrected chi connectivity index (χ0v) is 12.5. The highest BCUT2D eigenvalue weighted by Gasteiger charge is 2.12. The molecule has 2 amide bonds. The molecule has 0 bridgehead atoms. The summed E-state index contributed by atoms with van der Waals surface area (Å²) in [6, 6.07) is 11.1. The summed E-state index contributed by atoms with van der Waals surface area (Å²) in [6.07, 6.45) is 2.89. The van der Waals surface area contributed by atoms with E-state index < -0.39 is 17.8 Å². The van der Waals surface area contributed by atoms with Gasteiger partial charge in [-0.1, -0.05) is 18.2 Å². The van der Waals surface area contributed by atoms with Gasteiger partial charge in [0.1, 0.15) is 0 Å². The van der Waals surface area contributed by atoms with E-state index in [2.05, 4.69) is 20.8 Å². The van der Waals surface area contributed by atoms with Crippen LogP contribution in [0.15, 0.2) is 53.8 Å². The highest BCUT2D eigenvalue weighted by molar-refractivity contribution is 6.35. The first-order valence-electron chi connectivity index (χ1n) is 6.91. The summed E-state index contributed by atoms with van der Waals surface area (Å²) in [4.78, 5) is 37.9. The predicted molar refractivity (Wildman–Crippen MR) is 85.2 cm³/mol. The summed E-state index contributed by atoms with van der Waals surface area (Å²) in [6.45, 7) is 0.132. The van der Waals surface area contributed by atoms with Gasteiger partial charge in [-0.3, -0.25) is 14.6 Å². The van der Waals surface area contributed by atoms with E-state index in [0.29, 0.717) is 11.3 Å². The first-order valence-corrected chi connectivity index (χ1v) is 6.91. The van der Waals surface area contributed by atoms with Crippen molar-refractivity contribution >= 4 is 24.0 Å². The molecular formula is C16H14N4O4. The van der Waals surface area contributed by atoms with E-state index in [0.717, 1.165) is 0 Å². The number of nitrogens with one attached hydrogen (secondary N) is 2. The van der Waals surface area contributed by atoms with Crippen molar-refractivity contribution in [2.45, 2.75) is 6.54 Å². The average Bonchev–Trinajstić information content (AvgIpc) is 2.61. The second-order valence-corrected chi connectivity index (χ2v) is 4.63. The molecule has 2 rings (SSSR count). The molecular weight excluding hydrogens is 312 g/mol. The van der Waals surface area contributed by atoms with Crippen molar-refractivity contribution in [3.05, 3.63) is 65.5 Å². The zero-order chi connectivity index (χ0) is 17.4. The topological polar surface area (TPSA) is 121 Å². The summed E-state index contributed by atoms with van der Waals surface area (Å²) >= 11 is 0. The molecule has 0 atom stereocenters. The normalized spacial score (nSPS) is 10.3. The second kappa shape index (κ2) is 8.18. The molecule has 0 saturated carbocycles. The van der Waals surface area contributed by atoms with E-state index in [1.165, 1.54) is 30.5 Å². The third kappa shape index (κ3) is 5.02. The van der Waals surface area contributed by atoms with Crippen molar-refractivity contribution in [2.75, 3.05) is 0 Å². The standard InChI is InChI=1S/C16H14N4O4/c21-14(18-10-13-3-1-2-8-17-13)15(22)20-19-9-11-4-6-12(7-5-11)16(23)24/h1-9H,10H2,(H,18,21)(H,20,22)(H,23,24)/b19-9-. The number of hydrogen-bond donors (Lipinski definition) is 3. The molecule has 0 spiro atoms. The SMILES string of the molecule is O=C(NCc1ccccn1)C(=O)N/N=C\c1ccc(C(=O)O)cc1. The monoisotopic (exact) mass is 326 g/mol. The number of carbonyl (C=O) groups excluding carboxylic acids is 2. The van der Waals surface area contributed by atoms with Crippen LogP contribution in [0.2, 0.25) is 0 Å². The molecule has 3 N–H and O–H groups in total. The average molecular weight is 326 g/mol. The van der Waals surface area contributed by atoms with Gasteiger partial charge in [-0.2, -0.15) is 5.10 Å². The van der Waals surface area contributed by atoms with Crippen LogP contribution in [0.25, 0.3) is 0 Å². The van der Waals surface area contributed by atoms with Crippen LogP contribution in [-0.4, -0.2) is 34.1 Å². The minimum Gasteiger partial charge on any atom is -0.478 e. The Labute approximate surface area is 137 Å². The van der Waals surface area contributed by atoms with E-state index in [1.54, 1.807) is 24.4 Å². The summed E-state index contributed by atoms with van der Waals surface area (Å²) in [7, 11) is 0. The fourth-order valence-corrected chi connectivity index (χ4v) is 1.68. The summed E-state index contributed by atoms with van der Waals surface area (Å²) in [5.41, 5.74) is 3.43. The lowest BCUT2D eigenvalue weighted by Crippen LogP contribution is -2.37. The fraction of sp³-hybridized carbons (Fsp3) is 0.0625. The first kappa shape index (κ1) is 16.8. The Morgan fingerprint density at radius 3 is 2.46 bits per heavy atom. The van der Waals surface area contributed by atoms with Crippen LogP contribution in [0.3, 0.4) is 0 Å². The lowest BCUT2D eigenvalue weighted by molar-refractivity contribution is -0.139. The van der Waals surface area contributed by atoms with E-state index in [1.807, 2.05) is 0 Å². The molecule has 1 aromatic carbocycles. The third-order valence-electron chi connectivity index (χ3n) is 2.90. The van der Waals surface area contributed by atoms with Crippen LogP contribution in [-0.2, 0) is 16.1 Å². The molecule has 8 heteroatoms. The quantitative estimate of drug-likeness (QED) is 0.421. The fourth-order valence-electron chi connectivity index (χ4n) is 1.68. The molecule has 2 aromatic rings. The molecule has 24 heavy (non-hydrogen) atoms. The van der Waals surface area contributed by atoms with Gasteiger partial charge in [-0.15, -0.1) is 0 Å². The number of pyridine rings is 1. The highest BCUT2D eigenvalue weighted by atomic mass is 16.4. The Hall–Kier alpha value is -3.55. The molecule has 0 fully saturated rings. The number of carbonyl (C=O) groups is 3. The van der Waals surface area contributed by atoms with Gasteiger partial charge in [-0.25, -0.2) is 10.2 Å². The Morgan fingerprint density at radius 2 is 1.83 bits per heavy atom. The zero-order valence-electron chi connectivity index (χ0n) is 12.5. The van der Waals surface area contributed by atoms with Gasteiger partial charge in [0.15, 0.2) is 0 Å². The number of aromatic carboxylic acids is 1. The van der Waals surface area contributed by atoms with E-state index in [4.69, 9.17) is 5.11 Å². The molecule has 0 radical (unpaired) electrons. The lowest BCUT2D eigenvalue weighted by Gasteiger charge is -2.03. The van der Waals surface area contributed by atoms with Crippen LogP contribution < -0.4 is 10.7 Å². The Morgan fingerprint density at radius 1 is 1.08 bits per heavy atom. The van der Waals surface area contributed by atoms with Gasteiger partial charge in [0.05, 0.1) is 24.0 Å². The minimum absolute atomic E-state index is 0.132. The number of rotatable bonds is 5. The van der Waals surface area contributed by atoms with Gasteiger partial charge >= 0.3 is 17.8 Å². The van der Waals surface area contributed by atoms with Crippen LogP contribution in [0.1, 0.15) is 21.6 Å². The van der Waals surface area contributed by atoms with E-state index in [-0.39, 0.29) is 12.1 Å². The number of carboxylic acid groups (broad SMARTS) is 1. The smallest absolute Gasteiger partial charge is 0.335 e. The number of benzene rings is 1. The number of hydrogen-bond acceptors (Lipinski definition) is 5. The number of aromatic nitrogens is 1. The molecule has 0 aliphatic heterocycles. The Bertz CT molecular complexity index is 757. The molecule has 1 heterocycles. The van der Waals surface area contributed by atoms with Crippen molar-refractivity contribution in [3.8, 4) is 0 Å². The van der Waals surface area contributed by atoms with Crippen LogP contribution in [0.5, 0.6) is 0 Å². The van der Waals surface area contributed by atoms with Crippen molar-refractivity contribution in [3.63, 3.8) is 0 Å². The second-order valence-electron chi connectivity index (χ2n) is 4.63. The van der Waals surface area contributed by atoms with Crippen molar-refractivity contribution < 1.29 is 19.5 Å². The largest absolute Gasteiger partial charge is 0.478 e. The Kier molecular flexibility index (Phi) is 5.73. The van der Waals surface area contributed by atoms with Crippen LogP contribution in [0.4, 0.5) is 0 Å². The number of carboxylic acids is 1. The lowest BCUT2D eigenvalue weighted by atomic mass is 10.1. The van der Waals surface area contributed by atoms with E-state index in [9.17, 15) is 14.4 Å². The maximum absolute atomic E-state index is 11.6. The van der Waals surface area contributed by atoms with Gasteiger partial charge in [-0.05, 0) is 29.8 Å². The Balaban J connectivity index is 1.81. The predicted octanol–water partition coefficient (Wildman–Crippen LogP) is 0.546. The molecule has 0 unspecified atom stereocenters. The molecule has 8 nitrogen and oxygen atoms in total. The molecule has 0 aliphatic carbocycles. The third-order valence-corrected chi connectivity index (χ3v) is 2.90. The summed E-state index contributed by atoms with van der Waals surface area (Å²) in [5, 5.41) is 14.8. The van der Waals surface area contributed by atoms with Gasteiger partial charge in [0.2, 0.25) is 0 Å². The molecule has 1 aromatic heterocycles. The number of nitrogens with zero attached hydrogens (tertiary/aromatic N) is 2. The van der Waals surface area contributed by atoms with Gasteiger partial charge in [0.25, 0.3) is 0 Å². The maximum Gasteiger partial charge on any atom is 0.335 e. The number of amides is 2. The highest BCUT2D eigenvalue weighted by Crippen LogP contribution is 2.02. The van der Waals surface area contributed by atoms with Crippen LogP contribution >= 0.6 is 0 Å². The molecule has 122 valence electrons. The van der Waals surface area contributed by atoms with E-state index >= 15 is 0 Å². The van der Waals surface area contributed by atoms with Gasteiger partial charge in [0, 0.05) is 6.20 Å². The summed E-state index contributed by atoms with van der Waals surface area (Å²) in [5.74, 6) is -2.78. The molecule has 0 saturated heterocycles. The molecule has 0 aliphatic rings. The first-order chi connectivity index (χ1) is 11.6. The number of hydrazone groups is 1. The maximum atomic E-state index is 11.6. The van der Waals surface area contributed by atoms with Crippen molar-refractivity contribution in [2.24, 2.45) is 5.10 Å². The summed E-state index contributed by atoms with van der Waals surface area (Å²) < 4.78 is 0. The van der Waals surface area contributed by atoms with Crippen molar-refractivity contribution in [1.82, 2.24) is 15.7 Å².